The van der Waals surface area contributed by atoms with E-state index in [0.29, 0.717) is 31.6 Å². The van der Waals surface area contributed by atoms with Crippen LogP contribution in [-0.2, 0) is 14.3 Å². The predicted molar refractivity (Wildman–Crippen MR) is 138 cm³/mol. The van der Waals surface area contributed by atoms with Gasteiger partial charge in [-0.2, -0.15) is 0 Å². The molecule has 4 heteroatoms. The van der Waals surface area contributed by atoms with Gasteiger partial charge in [0.15, 0.2) is 0 Å². The zero-order chi connectivity index (χ0) is 14.0. The summed E-state index contributed by atoms with van der Waals surface area (Å²) in [5.41, 5.74) is 0. The molecule has 0 rings (SSSR count). The molecule has 4 nitrogen and oxygen atoms in total. The molecule has 1 N–H and O–H groups in total. The predicted octanol–water partition coefficient (Wildman–Crippen LogP) is 9.16. The molecule has 186 valence electrons. The van der Waals surface area contributed by atoms with E-state index in [1.165, 1.54) is 0 Å². The number of carbonyl (C=O) groups is 1. The minimum atomic E-state index is -0.616. The molecule has 0 aromatic rings. The van der Waals surface area contributed by atoms with Crippen molar-refractivity contribution < 1.29 is 19.4 Å². The number of rotatable bonds is 10. The highest BCUT2D eigenvalue weighted by molar-refractivity contribution is 5.70. The Hall–Kier alpha value is -1.03. The van der Waals surface area contributed by atoms with Crippen LogP contribution in [0.2, 0.25) is 0 Å². The summed E-state index contributed by atoms with van der Waals surface area (Å²) < 4.78 is 10.7. The SMILES string of the molecule is C.C.C.C.C.C.C.C.C.C.C=C(CC(CC)OC(=O)CC(O)CC)OCCC. The van der Waals surface area contributed by atoms with Crippen molar-refractivity contribution in [3.8, 4) is 0 Å². The van der Waals surface area contributed by atoms with Crippen molar-refractivity contribution in [3.63, 3.8) is 0 Å². The fourth-order valence-corrected chi connectivity index (χ4v) is 1.40. The molecule has 0 radical (unpaired) electrons. The average molecular weight is 419 g/mol. The molecule has 0 spiro atoms. The molecule has 0 saturated carbocycles. The molecule has 0 heterocycles. The van der Waals surface area contributed by atoms with Crippen molar-refractivity contribution in [2.45, 2.75) is 139 Å². The van der Waals surface area contributed by atoms with Crippen LogP contribution >= 0.6 is 0 Å². The largest absolute Gasteiger partial charge is 0.498 e. The lowest BCUT2D eigenvalue weighted by atomic mass is 10.1. The molecule has 0 fully saturated rings. The van der Waals surface area contributed by atoms with Gasteiger partial charge in [-0.25, -0.2) is 0 Å². The quantitative estimate of drug-likeness (QED) is 0.284. The standard InChI is InChI=1S/C14H26O4.10CH4/c1-5-8-17-11(4)9-13(7-3)18-14(16)10-12(15)6-2;;;;;;;;;;/h12-13,15H,4-10H2,1-3H3;10*1H4. The van der Waals surface area contributed by atoms with Crippen molar-refractivity contribution in [2.75, 3.05) is 6.61 Å². The Labute approximate surface area is 184 Å². The van der Waals surface area contributed by atoms with Gasteiger partial charge in [-0.15, -0.1) is 0 Å². The maximum atomic E-state index is 11.5. The van der Waals surface area contributed by atoms with Crippen LogP contribution in [0.5, 0.6) is 0 Å². The Morgan fingerprint density at radius 1 is 0.821 bits per heavy atom. The lowest BCUT2D eigenvalue weighted by molar-refractivity contribution is -0.151. The molecule has 0 bridgehead atoms. The van der Waals surface area contributed by atoms with Gasteiger partial charge in [0.05, 0.1) is 24.9 Å². The summed E-state index contributed by atoms with van der Waals surface area (Å²) in [5, 5.41) is 9.37. The van der Waals surface area contributed by atoms with Crippen LogP contribution in [0.15, 0.2) is 12.3 Å². The van der Waals surface area contributed by atoms with Crippen LogP contribution in [-0.4, -0.2) is 29.9 Å². The first-order valence-corrected chi connectivity index (χ1v) is 6.71. The third-order valence-electron chi connectivity index (χ3n) is 2.59. The van der Waals surface area contributed by atoms with E-state index in [-0.39, 0.29) is 92.8 Å². The monoisotopic (exact) mass is 418 g/mol. The number of aliphatic hydroxyl groups excluding tert-OH is 1. The van der Waals surface area contributed by atoms with E-state index in [9.17, 15) is 9.90 Å². The summed E-state index contributed by atoms with van der Waals surface area (Å²) in [6.07, 6.45) is 1.93. The molecular formula is C24H66O4. The Kier molecular flexibility index (Phi) is 115. The van der Waals surface area contributed by atoms with Gasteiger partial charge < -0.3 is 14.6 Å². The molecule has 0 saturated heterocycles. The Bertz CT molecular complexity index is 253. The highest BCUT2D eigenvalue weighted by atomic mass is 16.5. The van der Waals surface area contributed by atoms with Crippen molar-refractivity contribution in [3.05, 3.63) is 12.3 Å². The number of ether oxygens (including phenoxy) is 2. The second-order valence-corrected chi connectivity index (χ2v) is 4.38. The van der Waals surface area contributed by atoms with E-state index in [1.807, 2.05) is 20.8 Å². The highest BCUT2D eigenvalue weighted by Gasteiger charge is 2.16. The molecule has 0 aliphatic heterocycles. The van der Waals surface area contributed by atoms with E-state index < -0.39 is 6.10 Å². The van der Waals surface area contributed by atoms with E-state index in [0.717, 1.165) is 6.42 Å². The van der Waals surface area contributed by atoms with Gasteiger partial charge in [-0.1, -0.05) is 102 Å². The molecule has 0 aromatic heterocycles. The Morgan fingerprint density at radius 2 is 1.25 bits per heavy atom. The fraction of sp³-hybridized carbons (Fsp3) is 0.875. The lowest BCUT2D eigenvalue weighted by Gasteiger charge is -2.18. The highest BCUT2D eigenvalue weighted by Crippen LogP contribution is 2.13. The number of hydrogen-bond acceptors (Lipinski definition) is 4. The third-order valence-corrected chi connectivity index (χ3v) is 2.59. The van der Waals surface area contributed by atoms with Crippen molar-refractivity contribution in [1.82, 2.24) is 0 Å². The van der Waals surface area contributed by atoms with E-state index in [2.05, 4.69) is 6.58 Å². The first-order chi connectivity index (χ1) is 8.53. The summed E-state index contributed by atoms with van der Waals surface area (Å²) in [5.74, 6) is 0.284. The van der Waals surface area contributed by atoms with Gasteiger partial charge in [-0.3, -0.25) is 4.79 Å². The van der Waals surface area contributed by atoms with Gasteiger partial charge >= 0.3 is 5.97 Å². The van der Waals surface area contributed by atoms with Crippen molar-refractivity contribution in [1.29, 1.82) is 0 Å². The maximum absolute atomic E-state index is 11.5. The summed E-state index contributed by atoms with van der Waals surface area (Å²) in [4.78, 5) is 11.5. The fourth-order valence-electron chi connectivity index (χ4n) is 1.40. The minimum absolute atomic E-state index is 0. The molecular weight excluding hydrogens is 352 g/mol. The third kappa shape index (κ3) is 39.9. The smallest absolute Gasteiger partial charge is 0.308 e. The van der Waals surface area contributed by atoms with Gasteiger partial charge in [0.25, 0.3) is 0 Å². The number of carbonyl (C=O) groups excluding carboxylic acids is 1. The molecule has 28 heavy (non-hydrogen) atoms. The van der Waals surface area contributed by atoms with Crippen molar-refractivity contribution >= 4 is 5.97 Å². The molecule has 0 aliphatic rings. The average Bonchev–Trinajstić information content (AvgIpc) is 2.35. The zero-order valence-electron chi connectivity index (χ0n) is 11.8. The zero-order valence-corrected chi connectivity index (χ0v) is 11.8. The van der Waals surface area contributed by atoms with Crippen LogP contribution < -0.4 is 0 Å². The van der Waals surface area contributed by atoms with Crippen LogP contribution in [0, 0.1) is 0 Å². The van der Waals surface area contributed by atoms with E-state index in [4.69, 9.17) is 9.47 Å². The second-order valence-electron chi connectivity index (χ2n) is 4.38. The van der Waals surface area contributed by atoms with Crippen LogP contribution in [0.4, 0.5) is 0 Å². The number of hydrogen-bond donors (Lipinski definition) is 1. The van der Waals surface area contributed by atoms with Gasteiger partial charge in [0.2, 0.25) is 0 Å². The van der Waals surface area contributed by atoms with Gasteiger partial charge in [-0.05, 0) is 19.3 Å². The molecule has 0 aliphatic carbocycles. The molecule has 0 aromatic carbocycles. The van der Waals surface area contributed by atoms with Gasteiger partial charge in [0.1, 0.15) is 6.10 Å². The molecule has 0 amide bonds. The van der Waals surface area contributed by atoms with Gasteiger partial charge in [0, 0.05) is 6.42 Å². The summed E-state index contributed by atoms with van der Waals surface area (Å²) in [6.45, 7) is 10.2. The minimum Gasteiger partial charge on any atom is -0.498 e. The second kappa shape index (κ2) is 45.0. The normalized spacial score (nSPS) is 8.86. The summed E-state index contributed by atoms with van der Waals surface area (Å²) in [7, 11) is 0. The topological polar surface area (TPSA) is 55.8 Å². The first kappa shape index (κ1) is 71.3. The van der Waals surface area contributed by atoms with Crippen LogP contribution in [0.1, 0.15) is 127 Å². The summed E-state index contributed by atoms with van der Waals surface area (Å²) >= 11 is 0. The maximum Gasteiger partial charge on any atom is 0.308 e. The molecule has 2 atom stereocenters. The summed E-state index contributed by atoms with van der Waals surface area (Å²) in [6, 6.07) is 0. The van der Waals surface area contributed by atoms with E-state index in [1.54, 1.807) is 0 Å². The first-order valence-electron chi connectivity index (χ1n) is 6.71. The van der Waals surface area contributed by atoms with Crippen molar-refractivity contribution in [2.24, 2.45) is 0 Å². The molecule has 2 unspecified atom stereocenters. The Balaban J connectivity index is -0.0000000321. The number of aliphatic hydroxyl groups is 1. The number of esters is 1. The van der Waals surface area contributed by atoms with E-state index >= 15 is 0 Å². The Morgan fingerprint density at radius 3 is 1.57 bits per heavy atom. The van der Waals surface area contributed by atoms with Crippen LogP contribution in [0.25, 0.3) is 0 Å². The lowest BCUT2D eigenvalue weighted by Crippen LogP contribution is -2.22. The van der Waals surface area contributed by atoms with Crippen LogP contribution in [0.3, 0.4) is 0 Å².